The van der Waals surface area contributed by atoms with Crippen molar-refractivity contribution in [2.45, 2.75) is 39.7 Å². The maximum atomic E-state index is 11.5. The van der Waals surface area contributed by atoms with Crippen LogP contribution in [0.3, 0.4) is 0 Å². The fourth-order valence-electron chi connectivity index (χ4n) is 1.36. The first-order valence-electron chi connectivity index (χ1n) is 5.43. The lowest BCUT2D eigenvalue weighted by Crippen LogP contribution is -2.05. The molecule has 0 bridgehead atoms. The summed E-state index contributed by atoms with van der Waals surface area (Å²) in [5.74, 6) is 1.02. The van der Waals surface area contributed by atoms with Crippen LogP contribution in [0.1, 0.15) is 44.0 Å². The third kappa shape index (κ3) is 3.74. The Hall–Kier alpha value is -1.31. The van der Waals surface area contributed by atoms with E-state index in [9.17, 15) is 4.79 Å². The predicted molar refractivity (Wildman–Crippen MR) is 61.4 cm³/mol. The van der Waals surface area contributed by atoms with Crippen LogP contribution in [0.25, 0.3) is 0 Å². The molecule has 2 nitrogen and oxygen atoms in total. The van der Waals surface area contributed by atoms with E-state index in [1.165, 1.54) is 0 Å². The average Bonchev–Trinajstić information content (AvgIpc) is 2.18. The summed E-state index contributed by atoms with van der Waals surface area (Å²) < 4.78 is 5.50. The Morgan fingerprint density at radius 1 is 1.27 bits per heavy atom. The van der Waals surface area contributed by atoms with Crippen LogP contribution in [-0.2, 0) is 0 Å². The molecule has 0 saturated carbocycles. The highest BCUT2D eigenvalue weighted by Crippen LogP contribution is 2.15. The summed E-state index contributed by atoms with van der Waals surface area (Å²) in [5, 5.41) is 0. The van der Waals surface area contributed by atoms with Gasteiger partial charge in [0.15, 0.2) is 5.78 Å². The summed E-state index contributed by atoms with van der Waals surface area (Å²) in [6.07, 6.45) is 1.68. The van der Waals surface area contributed by atoms with Gasteiger partial charge in [-0.3, -0.25) is 4.79 Å². The number of Topliss-reactive ketones (excluding diaryl/α,β-unsaturated/α-hetero) is 1. The molecule has 0 fully saturated rings. The van der Waals surface area contributed by atoms with Crippen LogP contribution in [0.4, 0.5) is 0 Å². The average molecular weight is 206 g/mol. The van der Waals surface area contributed by atoms with Gasteiger partial charge in [-0.25, -0.2) is 0 Å². The lowest BCUT2D eigenvalue weighted by Gasteiger charge is -2.09. The highest BCUT2D eigenvalue weighted by Gasteiger charge is 2.04. The first kappa shape index (κ1) is 11.8. The van der Waals surface area contributed by atoms with E-state index in [0.29, 0.717) is 6.42 Å². The van der Waals surface area contributed by atoms with E-state index in [1.807, 2.05) is 45.0 Å². The standard InChI is InChI=1S/C13H18O2/c1-4-5-13(14)11-6-8-12(9-7-11)15-10(2)3/h6-10H,4-5H2,1-3H3. The van der Waals surface area contributed by atoms with Gasteiger partial charge < -0.3 is 4.74 Å². The third-order valence-electron chi connectivity index (χ3n) is 2.03. The Balaban J connectivity index is 2.67. The Morgan fingerprint density at radius 3 is 2.33 bits per heavy atom. The van der Waals surface area contributed by atoms with Crippen molar-refractivity contribution in [3.8, 4) is 5.75 Å². The maximum absolute atomic E-state index is 11.5. The number of hydrogen-bond donors (Lipinski definition) is 0. The maximum Gasteiger partial charge on any atom is 0.162 e. The van der Waals surface area contributed by atoms with Gasteiger partial charge in [0.25, 0.3) is 0 Å². The van der Waals surface area contributed by atoms with Crippen molar-refractivity contribution < 1.29 is 9.53 Å². The van der Waals surface area contributed by atoms with Crippen LogP contribution >= 0.6 is 0 Å². The van der Waals surface area contributed by atoms with E-state index in [0.717, 1.165) is 17.7 Å². The van der Waals surface area contributed by atoms with Crippen molar-refractivity contribution in [1.29, 1.82) is 0 Å². The number of ketones is 1. The number of ether oxygens (including phenoxy) is 1. The molecular weight excluding hydrogens is 188 g/mol. The number of benzene rings is 1. The second kappa shape index (κ2) is 5.54. The van der Waals surface area contributed by atoms with Gasteiger partial charge in [0.05, 0.1) is 6.10 Å². The van der Waals surface area contributed by atoms with Gasteiger partial charge >= 0.3 is 0 Å². The van der Waals surface area contributed by atoms with Crippen molar-refractivity contribution in [1.82, 2.24) is 0 Å². The van der Waals surface area contributed by atoms with Crippen molar-refractivity contribution in [2.75, 3.05) is 0 Å². The van der Waals surface area contributed by atoms with E-state index >= 15 is 0 Å². The molecule has 0 aliphatic heterocycles. The van der Waals surface area contributed by atoms with Crippen molar-refractivity contribution in [3.05, 3.63) is 29.8 Å². The van der Waals surface area contributed by atoms with Crippen molar-refractivity contribution in [2.24, 2.45) is 0 Å². The lowest BCUT2D eigenvalue weighted by atomic mass is 10.1. The van der Waals surface area contributed by atoms with E-state index < -0.39 is 0 Å². The fourth-order valence-corrected chi connectivity index (χ4v) is 1.36. The van der Waals surface area contributed by atoms with Crippen molar-refractivity contribution >= 4 is 5.78 Å². The molecule has 0 spiro atoms. The summed E-state index contributed by atoms with van der Waals surface area (Å²) in [6.45, 7) is 5.97. The number of carbonyl (C=O) groups is 1. The molecule has 82 valence electrons. The summed E-state index contributed by atoms with van der Waals surface area (Å²) in [7, 11) is 0. The third-order valence-corrected chi connectivity index (χ3v) is 2.03. The number of hydrogen-bond acceptors (Lipinski definition) is 2. The molecule has 1 rings (SSSR count). The molecule has 0 amide bonds. The van der Waals surface area contributed by atoms with Crippen LogP contribution in [0, 0.1) is 0 Å². The zero-order chi connectivity index (χ0) is 11.3. The Kier molecular flexibility index (Phi) is 4.35. The van der Waals surface area contributed by atoms with Gasteiger partial charge in [0, 0.05) is 12.0 Å². The summed E-state index contributed by atoms with van der Waals surface area (Å²) in [5.41, 5.74) is 0.771. The van der Waals surface area contributed by atoms with Gasteiger partial charge in [-0.05, 0) is 44.5 Å². The molecule has 0 saturated heterocycles. The molecule has 0 aliphatic carbocycles. The molecular formula is C13H18O2. The minimum Gasteiger partial charge on any atom is -0.491 e. The smallest absolute Gasteiger partial charge is 0.162 e. The first-order valence-corrected chi connectivity index (χ1v) is 5.43. The van der Waals surface area contributed by atoms with Crippen LogP contribution in [0.5, 0.6) is 5.75 Å². The quantitative estimate of drug-likeness (QED) is 0.690. The van der Waals surface area contributed by atoms with Crippen molar-refractivity contribution in [3.63, 3.8) is 0 Å². The number of carbonyl (C=O) groups excluding carboxylic acids is 1. The second-order valence-electron chi connectivity index (χ2n) is 3.86. The first-order chi connectivity index (χ1) is 7.13. The normalized spacial score (nSPS) is 10.4. The molecule has 0 unspecified atom stereocenters. The van der Waals surface area contributed by atoms with Crippen LogP contribution < -0.4 is 4.74 Å². The van der Waals surface area contributed by atoms with Gasteiger partial charge in [-0.2, -0.15) is 0 Å². The van der Waals surface area contributed by atoms with E-state index in [2.05, 4.69) is 0 Å². The van der Waals surface area contributed by atoms with E-state index in [4.69, 9.17) is 4.74 Å². The molecule has 2 heteroatoms. The molecule has 0 aliphatic rings. The van der Waals surface area contributed by atoms with Gasteiger partial charge in [-0.1, -0.05) is 6.92 Å². The molecule has 0 N–H and O–H groups in total. The summed E-state index contributed by atoms with van der Waals surface area (Å²) in [6, 6.07) is 7.36. The topological polar surface area (TPSA) is 26.3 Å². The van der Waals surface area contributed by atoms with Crippen LogP contribution in [-0.4, -0.2) is 11.9 Å². The van der Waals surface area contributed by atoms with Crippen LogP contribution in [0.15, 0.2) is 24.3 Å². The monoisotopic (exact) mass is 206 g/mol. The minimum absolute atomic E-state index is 0.169. The number of rotatable bonds is 5. The molecule has 0 radical (unpaired) electrons. The lowest BCUT2D eigenvalue weighted by molar-refractivity contribution is 0.0981. The molecule has 15 heavy (non-hydrogen) atoms. The molecule has 1 aromatic carbocycles. The Morgan fingerprint density at radius 2 is 1.87 bits per heavy atom. The molecule has 0 aromatic heterocycles. The Bertz CT molecular complexity index is 312. The van der Waals surface area contributed by atoms with Gasteiger partial charge in [-0.15, -0.1) is 0 Å². The van der Waals surface area contributed by atoms with E-state index in [-0.39, 0.29) is 11.9 Å². The van der Waals surface area contributed by atoms with Crippen LogP contribution in [0.2, 0.25) is 0 Å². The van der Waals surface area contributed by atoms with E-state index in [1.54, 1.807) is 0 Å². The highest BCUT2D eigenvalue weighted by atomic mass is 16.5. The SMILES string of the molecule is CCCC(=O)c1ccc(OC(C)C)cc1. The minimum atomic E-state index is 0.169. The van der Waals surface area contributed by atoms with Gasteiger partial charge in [0.2, 0.25) is 0 Å². The molecule has 0 atom stereocenters. The fraction of sp³-hybridized carbons (Fsp3) is 0.462. The molecule has 0 heterocycles. The zero-order valence-corrected chi connectivity index (χ0v) is 9.62. The summed E-state index contributed by atoms with van der Waals surface area (Å²) in [4.78, 5) is 11.5. The summed E-state index contributed by atoms with van der Waals surface area (Å²) >= 11 is 0. The molecule has 1 aromatic rings. The highest BCUT2D eigenvalue weighted by molar-refractivity contribution is 5.96. The zero-order valence-electron chi connectivity index (χ0n) is 9.62. The Labute approximate surface area is 91.3 Å². The second-order valence-corrected chi connectivity index (χ2v) is 3.86. The largest absolute Gasteiger partial charge is 0.491 e. The van der Waals surface area contributed by atoms with Gasteiger partial charge in [0.1, 0.15) is 5.75 Å². The predicted octanol–water partition coefficient (Wildman–Crippen LogP) is 3.46.